The number of aryl methyl sites for hydroxylation is 1. The van der Waals surface area contributed by atoms with Crippen LogP contribution in [-0.2, 0) is 14.8 Å². The lowest BCUT2D eigenvalue weighted by molar-refractivity contribution is -0.138. The van der Waals surface area contributed by atoms with Crippen molar-refractivity contribution in [2.45, 2.75) is 24.2 Å². The van der Waals surface area contributed by atoms with Crippen molar-refractivity contribution in [3.63, 3.8) is 0 Å². The number of rotatable bonds is 4. The van der Waals surface area contributed by atoms with Gasteiger partial charge >= 0.3 is 5.97 Å². The fourth-order valence-electron chi connectivity index (χ4n) is 3.33. The average molecular weight is 373 g/mol. The maximum Gasteiger partial charge on any atom is 0.307 e. The van der Waals surface area contributed by atoms with Gasteiger partial charge in [0.1, 0.15) is 5.82 Å². The van der Waals surface area contributed by atoms with Crippen LogP contribution < -0.4 is 0 Å². The summed E-state index contributed by atoms with van der Waals surface area (Å²) in [7, 11) is -3.87. The molecular formula is C19H16FNO4S. The molecule has 2 atom stereocenters. The molecule has 5 nitrogen and oxygen atoms in total. The number of carboxylic acid groups (broad SMARTS) is 1. The lowest BCUT2D eigenvalue weighted by atomic mass is 10.1. The van der Waals surface area contributed by atoms with E-state index < -0.39 is 27.7 Å². The predicted octanol–water partition coefficient (Wildman–Crippen LogP) is 3.51. The molecule has 1 heterocycles. The number of hydrogen-bond donors (Lipinski definition) is 1. The van der Waals surface area contributed by atoms with Crippen molar-refractivity contribution in [2.75, 3.05) is 0 Å². The Morgan fingerprint density at radius 2 is 1.88 bits per heavy atom. The highest BCUT2D eigenvalue weighted by Gasteiger charge is 2.46. The fraction of sp³-hybridized carbons (Fsp3) is 0.211. The molecule has 7 heteroatoms. The molecule has 0 saturated heterocycles. The highest BCUT2D eigenvalue weighted by molar-refractivity contribution is 7.90. The molecule has 1 saturated carbocycles. The van der Waals surface area contributed by atoms with Crippen molar-refractivity contribution >= 4 is 26.9 Å². The summed E-state index contributed by atoms with van der Waals surface area (Å²) in [6, 6.07) is 10.4. The van der Waals surface area contributed by atoms with Gasteiger partial charge in [0.05, 0.1) is 16.3 Å². The van der Waals surface area contributed by atoms with E-state index in [4.69, 9.17) is 0 Å². The summed E-state index contributed by atoms with van der Waals surface area (Å²) in [5, 5.41) is 9.62. The zero-order valence-electron chi connectivity index (χ0n) is 13.9. The monoisotopic (exact) mass is 373 g/mol. The third kappa shape index (κ3) is 2.59. The van der Waals surface area contributed by atoms with Crippen LogP contribution in [0.1, 0.15) is 23.5 Å². The number of nitrogens with zero attached hydrogens (tertiary/aromatic N) is 1. The molecule has 1 fully saturated rings. The van der Waals surface area contributed by atoms with Crippen LogP contribution >= 0.6 is 0 Å². The SMILES string of the molecule is Cc1ccc(S(=O)(=O)n2cc([C@H]3C[C@@H]3C(=O)O)c3cc(F)ccc32)cc1. The summed E-state index contributed by atoms with van der Waals surface area (Å²) in [6.45, 7) is 1.86. The van der Waals surface area contributed by atoms with Crippen LogP contribution in [0.25, 0.3) is 10.9 Å². The summed E-state index contributed by atoms with van der Waals surface area (Å²) in [6.07, 6.45) is 1.86. The third-order valence-electron chi connectivity index (χ3n) is 4.85. The first-order valence-corrected chi connectivity index (χ1v) is 9.58. The number of halogens is 1. The molecule has 0 aliphatic heterocycles. The second kappa shape index (κ2) is 5.67. The number of aliphatic carboxylic acids is 1. The summed E-state index contributed by atoms with van der Waals surface area (Å²) in [5.41, 5.74) is 1.84. The van der Waals surface area contributed by atoms with Gasteiger partial charge in [-0.15, -0.1) is 0 Å². The van der Waals surface area contributed by atoms with Gasteiger partial charge in [0, 0.05) is 17.5 Å². The van der Waals surface area contributed by atoms with Crippen molar-refractivity contribution in [1.82, 2.24) is 3.97 Å². The summed E-state index contributed by atoms with van der Waals surface area (Å²) < 4.78 is 41.0. The molecule has 1 N–H and O–H groups in total. The molecule has 0 spiro atoms. The van der Waals surface area contributed by atoms with E-state index in [0.29, 0.717) is 22.9 Å². The maximum absolute atomic E-state index is 13.8. The topological polar surface area (TPSA) is 76.4 Å². The van der Waals surface area contributed by atoms with E-state index in [1.807, 2.05) is 6.92 Å². The van der Waals surface area contributed by atoms with E-state index in [-0.39, 0.29) is 10.8 Å². The van der Waals surface area contributed by atoms with Crippen LogP contribution in [0, 0.1) is 18.7 Å². The normalized spacial score (nSPS) is 19.6. The molecule has 0 amide bonds. The zero-order valence-corrected chi connectivity index (χ0v) is 14.7. The second-order valence-corrected chi connectivity index (χ2v) is 8.46. The van der Waals surface area contributed by atoms with Gasteiger partial charge < -0.3 is 5.11 Å². The Morgan fingerprint density at radius 3 is 2.50 bits per heavy atom. The zero-order chi connectivity index (χ0) is 18.6. The third-order valence-corrected chi connectivity index (χ3v) is 6.54. The van der Waals surface area contributed by atoms with Crippen LogP contribution in [0.5, 0.6) is 0 Å². The summed E-state index contributed by atoms with van der Waals surface area (Å²) in [4.78, 5) is 11.3. The number of carbonyl (C=O) groups is 1. The predicted molar refractivity (Wildman–Crippen MR) is 94.1 cm³/mol. The van der Waals surface area contributed by atoms with Crippen molar-refractivity contribution in [1.29, 1.82) is 0 Å². The van der Waals surface area contributed by atoms with Crippen molar-refractivity contribution in [2.24, 2.45) is 5.92 Å². The Kier molecular flexibility index (Phi) is 3.66. The molecular weight excluding hydrogens is 357 g/mol. The summed E-state index contributed by atoms with van der Waals surface area (Å²) in [5.74, 6) is -2.27. The first kappa shape index (κ1) is 16.8. The Morgan fingerprint density at radius 1 is 1.19 bits per heavy atom. The van der Waals surface area contributed by atoms with Crippen LogP contribution in [0.4, 0.5) is 4.39 Å². The molecule has 26 heavy (non-hydrogen) atoms. The van der Waals surface area contributed by atoms with Gasteiger partial charge in [-0.05, 0) is 49.2 Å². The number of fused-ring (bicyclic) bond motifs is 1. The van der Waals surface area contributed by atoms with E-state index in [9.17, 15) is 22.7 Å². The van der Waals surface area contributed by atoms with E-state index >= 15 is 0 Å². The maximum atomic E-state index is 13.8. The Hall–Kier alpha value is -2.67. The van der Waals surface area contributed by atoms with Crippen molar-refractivity contribution in [3.8, 4) is 0 Å². The van der Waals surface area contributed by atoms with Crippen LogP contribution in [0.3, 0.4) is 0 Å². The molecule has 0 unspecified atom stereocenters. The molecule has 134 valence electrons. The average Bonchev–Trinajstić information content (AvgIpc) is 3.30. The van der Waals surface area contributed by atoms with E-state index in [1.165, 1.54) is 36.5 Å². The van der Waals surface area contributed by atoms with Crippen molar-refractivity contribution < 1.29 is 22.7 Å². The van der Waals surface area contributed by atoms with Gasteiger partial charge in [-0.1, -0.05) is 17.7 Å². The number of hydrogen-bond acceptors (Lipinski definition) is 3. The molecule has 1 aliphatic rings. The Balaban J connectivity index is 1.91. The lowest BCUT2D eigenvalue weighted by Crippen LogP contribution is -2.11. The minimum absolute atomic E-state index is 0.126. The fourth-order valence-corrected chi connectivity index (χ4v) is 4.70. The Labute approximate surface area is 149 Å². The largest absolute Gasteiger partial charge is 0.481 e. The van der Waals surface area contributed by atoms with Crippen LogP contribution in [0.2, 0.25) is 0 Å². The number of carboxylic acids is 1. The van der Waals surface area contributed by atoms with Gasteiger partial charge in [0.25, 0.3) is 10.0 Å². The van der Waals surface area contributed by atoms with E-state index in [1.54, 1.807) is 12.1 Å². The number of aromatic nitrogens is 1. The van der Waals surface area contributed by atoms with Crippen molar-refractivity contribution in [3.05, 3.63) is 65.6 Å². The quantitative estimate of drug-likeness (QED) is 0.759. The second-order valence-electron chi connectivity index (χ2n) is 6.65. The smallest absolute Gasteiger partial charge is 0.307 e. The summed E-state index contributed by atoms with van der Waals surface area (Å²) >= 11 is 0. The first-order valence-electron chi connectivity index (χ1n) is 8.14. The Bertz CT molecular complexity index is 1130. The van der Waals surface area contributed by atoms with E-state index in [0.717, 1.165) is 9.54 Å². The molecule has 4 rings (SSSR count). The van der Waals surface area contributed by atoms with Gasteiger partial charge in [-0.3, -0.25) is 4.79 Å². The first-order chi connectivity index (χ1) is 12.3. The molecule has 0 bridgehead atoms. The lowest BCUT2D eigenvalue weighted by Gasteiger charge is -2.08. The van der Waals surface area contributed by atoms with E-state index in [2.05, 4.69) is 0 Å². The molecule has 2 aromatic carbocycles. The van der Waals surface area contributed by atoms with Gasteiger partial charge in [-0.2, -0.15) is 0 Å². The molecule has 3 aromatic rings. The standard InChI is InChI=1S/C19H16FNO4S/c1-11-2-5-13(6-3-11)26(24,25)21-10-17(14-9-16(14)19(22)23)15-8-12(20)4-7-18(15)21/h2-8,10,14,16H,9H2,1H3,(H,22,23)/t14-,16-/m0/s1. The van der Waals surface area contributed by atoms with Crippen LogP contribution in [-0.4, -0.2) is 23.5 Å². The van der Waals surface area contributed by atoms with Gasteiger partial charge in [0.15, 0.2) is 0 Å². The van der Waals surface area contributed by atoms with Crippen LogP contribution in [0.15, 0.2) is 53.6 Å². The van der Waals surface area contributed by atoms with Gasteiger partial charge in [-0.25, -0.2) is 16.8 Å². The molecule has 1 aliphatic carbocycles. The molecule has 0 radical (unpaired) electrons. The highest BCUT2D eigenvalue weighted by atomic mass is 32.2. The number of benzene rings is 2. The molecule has 1 aromatic heterocycles. The highest BCUT2D eigenvalue weighted by Crippen LogP contribution is 2.50. The van der Waals surface area contributed by atoms with Gasteiger partial charge in [0.2, 0.25) is 0 Å². The minimum Gasteiger partial charge on any atom is -0.481 e. The minimum atomic E-state index is -3.87.